The quantitative estimate of drug-likeness (QED) is 0.535. The number of hydrogen-bond acceptors (Lipinski definition) is 5. The Labute approximate surface area is 193 Å². The monoisotopic (exact) mass is 452 g/mol. The molecule has 1 aliphatic rings. The lowest BCUT2D eigenvalue weighted by molar-refractivity contribution is 0.0833. The second kappa shape index (κ2) is 10.1. The number of methoxy groups -OCH3 is 2. The van der Waals surface area contributed by atoms with Crippen LogP contribution in [0.25, 0.3) is 0 Å². The number of fused-ring (bicyclic) bond motifs is 1. The fourth-order valence-electron chi connectivity index (χ4n) is 4.55. The molecule has 3 aromatic rings. The molecule has 174 valence electrons. The fraction of sp³-hybridized carbons (Fsp3) is 0.346. The summed E-state index contributed by atoms with van der Waals surface area (Å²) in [5, 5.41) is 3.16. The van der Waals surface area contributed by atoms with E-state index in [-0.39, 0.29) is 29.6 Å². The highest BCUT2D eigenvalue weighted by molar-refractivity contribution is 5.91. The van der Waals surface area contributed by atoms with Crippen LogP contribution in [-0.2, 0) is 13.0 Å². The van der Waals surface area contributed by atoms with E-state index >= 15 is 0 Å². The van der Waals surface area contributed by atoms with E-state index in [9.17, 15) is 9.18 Å². The predicted molar refractivity (Wildman–Crippen MR) is 123 cm³/mol. The largest absolute Gasteiger partial charge is 0.493 e. The summed E-state index contributed by atoms with van der Waals surface area (Å²) in [6.07, 6.45) is 3.03. The maximum atomic E-state index is 13.5. The lowest BCUT2D eigenvalue weighted by Crippen LogP contribution is -2.48. The Morgan fingerprint density at radius 2 is 1.91 bits per heavy atom. The molecule has 4 rings (SSSR count). The molecule has 0 unspecified atom stereocenters. The minimum Gasteiger partial charge on any atom is -0.493 e. The number of carbonyl (C=O) groups is 1. The number of ether oxygens (including phenoxy) is 2. The number of benzene rings is 2. The number of nitrogens with one attached hydrogen (secondary N) is 1. The molecular weight excluding hydrogens is 423 g/mol. The van der Waals surface area contributed by atoms with Crippen molar-refractivity contribution in [3.05, 3.63) is 83.1 Å². The first kappa shape index (κ1) is 22.9. The minimum atomic E-state index is -0.256. The van der Waals surface area contributed by atoms with Gasteiger partial charge in [-0.2, -0.15) is 0 Å². The molecule has 1 amide bonds. The Bertz CT molecular complexity index is 1080. The molecule has 1 aromatic heterocycles. The lowest BCUT2D eigenvalue weighted by Gasteiger charge is -2.42. The van der Waals surface area contributed by atoms with Gasteiger partial charge >= 0.3 is 0 Å². The van der Waals surface area contributed by atoms with Crippen molar-refractivity contribution < 1.29 is 23.1 Å². The summed E-state index contributed by atoms with van der Waals surface area (Å²) < 4.78 is 29.9. The molecule has 1 N–H and O–H groups in total. The molecule has 0 spiro atoms. The zero-order valence-corrected chi connectivity index (χ0v) is 19.1. The van der Waals surface area contributed by atoms with Crippen LogP contribution in [0.1, 0.15) is 46.6 Å². The Balaban J connectivity index is 1.72. The summed E-state index contributed by atoms with van der Waals surface area (Å²) in [6, 6.07) is 13.7. The second-order valence-electron chi connectivity index (χ2n) is 8.16. The Hall–Kier alpha value is -3.32. The van der Waals surface area contributed by atoms with E-state index < -0.39 is 0 Å². The standard InChI is InChI=1S/C26H29FN2O4/c1-4-21(28-26(30)22-6-5-13-33-22)25-20-15-24(32-3)23(31-2)14-18(20)11-12-29(25)16-17-7-9-19(27)10-8-17/h5-10,13-15,21,25H,4,11-12,16H2,1-3H3,(H,28,30)/t21-,25+/m1/s1. The molecule has 0 aliphatic carbocycles. The first-order valence-corrected chi connectivity index (χ1v) is 11.1. The maximum absolute atomic E-state index is 13.5. The highest BCUT2D eigenvalue weighted by Gasteiger charge is 2.35. The van der Waals surface area contributed by atoms with Gasteiger partial charge in [0, 0.05) is 19.1 Å². The average Bonchev–Trinajstić information content (AvgIpc) is 3.38. The number of furan rings is 1. The van der Waals surface area contributed by atoms with Crippen LogP contribution in [0.5, 0.6) is 11.5 Å². The summed E-state index contributed by atoms with van der Waals surface area (Å²) in [5.41, 5.74) is 3.27. The average molecular weight is 453 g/mol. The third-order valence-electron chi connectivity index (χ3n) is 6.21. The highest BCUT2D eigenvalue weighted by atomic mass is 19.1. The summed E-state index contributed by atoms with van der Waals surface area (Å²) in [6.45, 7) is 3.47. The number of hydrogen-bond donors (Lipinski definition) is 1. The molecule has 33 heavy (non-hydrogen) atoms. The molecular formula is C26H29FN2O4. The van der Waals surface area contributed by atoms with Crippen molar-refractivity contribution in [2.45, 2.75) is 38.4 Å². The van der Waals surface area contributed by atoms with Crippen molar-refractivity contribution >= 4 is 5.91 Å². The van der Waals surface area contributed by atoms with Crippen molar-refractivity contribution in [1.82, 2.24) is 10.2 Å². The van der Waals surface area contributed by atoms with E-state index in [4.69, 9.17) is 13.9 Å². The SMILES string of the molecule is CC[C@@H](NC(=O)c1ccco1)[C@@H]1c2cc(OC)c(OC)cc2CCN1Cc1ccc(F)cc1. The first-order valence-electron chi connectivity index (χ1n) is 11.1. The number of amides is 1. The van der Waals surface area contributed by atoms with Crippen LogP contribution in [0.15, 0.2) is 59.2 Å². The molecule has 2 atom stereocenters. The van der Waals surface area contributed by atoms with Gasteiger partial charge in [0.05, 0.1) is 26.5 Å². The van der Waals surface area contributed by atoms with Crippen LogP contribution >= 0.6 is 0 Å². The second-order valence-corrected chi connectivity index (χ2v) is 8.16. The van der Waals surface area contributed by atoms with Gasteiger partial charge in [-0.3, -0.25) is 9.69 Å². The van der Waals surface area contributed by atoms with Gasteiger partial charge in [0.1, 0.15) is 5.82 Å². The normalized spacial score (nSPS) is 16.7. The number of carbonyl (C=O) groups excluding carboxylic acids is 1. The van der Waals surface area contributed by atoms with Crippen LogP contribution in [-0.4, -0.2) is 37.6 Å². The van der Waals surface area contributed by atoms with Crippen LogP contribution in [0, 0.1) is 5.82 Å². The Kier molecular flexibility index (Phi) is 6.99. The van der Waals surface area contributed by atoms with Gasteiger partial charge < -0.3 is 19.2 Å². The van der Waals surface area contributed by atoms with Gasteiger partial charge in [-0.25, -0.2) is 4.39 Å². The van der Waals surface area contributed by atoms with Crippen LogP contribution in [0.4, 0.5) is 4.39 Å². The van der Waals surface area contributed by atoms with Crippen molar-refractivity contribution in [3.63, 3.8) is 0 Å². The molecule has 0 saturated heterocycles. The number of nitrogens with zero attached hydrogens (tertiary/aromatic N) is 1. The van der Waals surface area contributed by atoms with E-state index in [1.165, 1.54) is 24.0 Å². The summed E-state index contributed by atoms with van der Waals surface area (Å²) >= 11 is 0. The van der Waals surface area contributed by atoms with E-state index in [2.05, 4.69) is 17.1 Å². The summed E-state index contributed by atoms with van der Waals surface area (Å²) in [5.74, 6) is 1.11. The van der Waals surface area contributed by atoms with Crippen LogP contribution in [0.2, 0.25) is 0 Å². The highest BCUT2D eigenvalue weighted by Crippen LogP contribution is 2.40. The first-order chi connectivity index (χ1) is 16.0. The molecule has 7 heteroatoms. The van der Waals surface area contributed by atoms with E-state index in [0.29, 0.717) is 24.5 Å². The Morgan fingerprint density at radius 3 is 2.55 bits per heavy atom. The van der Waals surface area contributed by atoms with Crippen molar-refractivity contribution in [2.75, 3.05) is 20.8 Å². The van der Waals surface area contributed by atoms with Gasteiger partial charge in [-0.15, -0.1) is 0 Å². The summed E-state index contributed by atoms with van der Waals surface area (Å²) in [4.78, 5) is 15.2. The van der Waals surface area contributed by atoms with Crippen molar-refractivity contribution in [2.24, 2.45) is 0 Å². The van der Waals surface area contributed by atoms with Gasteiger partial charge in [0.2, 0.25) is 0 Å². The van der Waals surface area contributed by atoms with Gasteiger partial charge in [-0.1, -0.05) is 19.1 Å². The molecule has 2 aromatic carbocycles. The molecule has 1 aliphatic heterocycles. The van der Waals surface area contributed by atoms with Crippen molar-refractivity contribution in [1.29, 1.82) is 0 Å². The molecule has 0 fully saturated rings. The van der Waals surface area contributed by atoms with E-state index in [1.54, 1.807) is 38.5 Å². The molecule has 6 nitrogen and oxygen atoms in total. The fourth-order valence-corrected chi connectivity index (χ4v) is 4.55. The van der Waals surface area contributed by atoms with Gasteiger partial charge in [-0.05, 0) is 65.9 Å². The smallest absolute Gasteiger partial charge is 0.287 e. The Morgan fingerprint density at radius 1 is 1.18 bits per heavy atom. The van der Waals surface area contributed by atoms with E-state index in [0.717, 1.165) is 24.1 Å². The maximum Gasteiger partial charge on any atom is 0.287 e. The van der Waals surface area contributed by atoms with Gasteiger partial charge in [0.25, 0.3) is 5.91 Å². The molecule has 0 saturated carbocycles. The zero-order chi connectivity index (χ0) is 23.4. The van der Waals surface area contributed by atoms with Crippen LogP contribution in [0.3, 0.4) is 0 Å². The third kappa shape index (κ3) is 4.88. The minimum absolute atomic E-state index is 0.109. The number of halogens is 1. The third-order valence-corrected chi connectivity index (χ3v) is 6.21. The lowest BCUT2D eigenvalue weighted by atomic mass is 9.86. The molecule has 0 radical (unpaired) electrons. The van der Waals surface area contributed by atoms with E-state index in [1.807, 2.05) is 12.1 Å². The molecule has 0 bridgehead atoms. The molecule has 2 heterocycles. The van der Waals surface area contributed by atoms with Crippen molar-refractivity contribution in [3.8, 4) is 11.5 Å². The van der Waals surface area contributed by atoms with Gasteiger partial charge in [0.15, 0.2) is 17.3 Å². The number of rotatable bonds is 8. The predicted octanol–water partition coefficient (Wildman–Crippen LogP) is 4.74. The zero-order valence-electron chi connectivity index (χ0n) is 19.1. The van der Waals surface area contributed by atoms with Crippen LogP contribution < -0.4 is 14.8 Å². The summed E-state index contributed by atoms with van der Waals surface area (Å²) in [7, 11) is 3.25. The topological polar surface area (TPSA) is 63.9 Å².